The van der Waals surface area contributed by atoms with E-state index in [0.717, 1.165) is 16.8 Å². The molecule has 0 aliphatic rings. The number of anilines is 1. The van der Waals surface area contributed by atoms with Crippen molar-refractivity contribution in [2.45, 2.75) is 6.54 Å². The number of imidazole rings is 1. The molecule has 8 heteroatoms. The molecule has 8 nitrogen and oxygen atoms in total. The molecule has 0 fully saturated rings. The first kappa shape index (κ1) is 15.8. The number of rotatable bonds is 5. The van der Waals surface area contributed by atoms with Gasteiger partial charge in [-0.3, -0.25) is 4.40 Å². The zero-order chi connectivity index (χ0) is 18.1. The maximum absolute atomic E-state index is 11.2. The number of carbonyl (C=O) groups is 1. The molecule has 2 N–H and O–H groups in total. The van der Waals surface area contributed by atoms with Gasteiger partial charge in [-0.05, 0) is 23.8 Å². The highest BCUT2D eigenvalue weighted by atomic mass is 16.5. The SMILES string of the molecule is COc1ccc(CNc2nc3ncc(C(=O)O)cc3n3cncc23)cc1. The summed E-state index contributed by atoms with van der Waals surface area (Å²) in [4.78, 5) is 24.0. The fourth-order valence-electron chi connectivity index (χ4n) is 2.71. The molecule has 0 spiro atoms. The van der Waals surface area contributed by atoms with E-state index in [1.807, 2.05) is 24.3 Å². The number of benzene rings is 1. The van der Waals surface area contributed by atoms with Crippen molar-refractivity contribution >= 4 is 28.5 Å². The Morgan fingerprint density at radius 2 is 2.04 bits per heavy atom. The molecule has 0 saturated carbocycles. The standard InChI is InChI=1S/C18H15N5O3/c1-26-13-4-2-11(3-5-13)7-20-17-15-9-19-10-23(15)14-6-12(18(24)25)8-21-16(14)22-17/h2-6,8-10H,7H2,1H3,(H,24,25)(H,20,21,22). The first-order valence-corrected chi connectivity index (χ1v) is 7.87. The lowest BCUT2D eigenvalue weighted by molar-refractivity contribution is 0.0696. The van der Waals surface area contributed by atoms with Crippen LogP contribution in [0.1, 0.15) is 15.9 Å². The predicted octanol–water partition coefficient (Wildman–Crippen LogP) is 2.60. The van der Waals surface area contributed by atoms with Crippen LogP contribution in [0.2, 0.25) is 0 Å². The maximum Gasteiger partial charge on any atom is 0.337 e. The molecular formula is C18H15N5O3. The lowest BCUT2D eigenvalue weighted by atomic mass is 10.2. The lowest BCUT2D eigenvalue weighted by Gasteiger charge is -2.10. The van der Waals surface area contributed by atoms with Gasteiger partial charge in [0.1, 0.15) is 11.3 Å². The van der Waals surface area contributed by atoms with Gasteiger partial charge >= 0.3 is 5.97 Å². The van der Waals surface area contributed by atoms with Crippen LogP contribution in [0.3, 0.4) is 0 Å². The van der Waals surface area contributed by atoms with Gasteiger partial charge in [-0.15, -0.1) is 0 Å². The summed E-state index contributed by atoms with van der Waals surface area (Å²) < 4.78 is 6.94. The third kappa shape index (κ3) is 2.77. The second kappa shape index (κ2) is 6.32. The number of aromatic nitrogens is 4. The van der Waals surface area contributed by atoms with Crippen LogP contribution in [0.15, 0.2) is 49.1 Å². The largest absolute Gasteiger partial charge is 0.497 e. The molecule has 1 aromatic carbocycles. The summed E-state index contributed by atoms with van der Waals surface area (Å²) in [6.45, 7) is 0.566. The summed E-state index contributed by atoms with van der Waals surface area (Å²) in [6.07, 6.45) is 4.59. The van der Waals surface area contributed by atoms with Gasteiger partial charge in [-0.25, -0.2) is 19.7 Å². The van der Waals surface area contributed by atoms with Gasteiger partial charge in [0, 0.05) is 12.7 Å². The van der Waals surface area contributed by atoms with Gasteiger partial charge in [0.25, 0.3) is 0 Å². The Morgan fingerprint density at radius 1 is 1.23 bits per heavy atom. The normalized spacial score (nSPS) is 11.0. The molecule has 0 aliphatic heterocycles. The van der Waals surface area contributed by atoms with Crippen molar-refractivity contribution in [2.24, 2.45) is 0 Å². The molecule has 130 valence electrons. The van der Waals surface area contributed by atoms with Crippen molar-refractivity contribution in [3.8, 4) is 5.75 Å². The minimum Gasteiger partial charge on any atom is -0.497 e. The Kier molecular flexibility index (Phi) is 3.85. The number of pyridine rings is 1. The Morgan fingerprint density at radius 3 is 2.77 bits per heavy atom. The Labute approximate surface area is 148 Å². The van der Waals surface area contributed by atoms with Crippen LogP contribution >= 0.6 is 0 Å². The molecule has 0 unspecified atom stereocenters. The first-order chi connectivity index (χ1) is 12.7. The summed E-state index contributed by atoms with van der Waals surface area (Å²) in [6, 6.07) is 9.28. The number of hydrogen-bond acceptors (Lipinski definition) is 6. The van der Waals surface area contributed by atoms with E-state index in [4.69, 9.17) is 9.84 Å². The molecule has 0 amide bonds. The number of aromatic carboxylic acids is 1. The summed E-state index contributed by atoms with van der Waals surface area (Å²) in [5, 5.41) is 12.5. The van der Waals surface area contributed by atoms with Crippen LogP contribution in [0, 0.1) is 0 Å². The van der Waals surface area contributed by atoms with Gasteiger partial charge in [0.2, 0.25) is 0 Å². The number of carboxylic acids is 1. The lowest BCUT2D eigenvalue weighted by Crippen LogP contribution is -2.06. The summed E-state index contributed by atoms with van der Waals surface area (Å²) in [5.41, 5.74) is 2.95. The zero-order valence-electron chi connectivity index (χ0n) is 13.9. The van der Waals surface area contributed by atoms with Crippen LogP contribution in [-0.4, -0.2) is 37.5 Å². The molecule has 3 heterocycles. The smallest absolute Gasteiger partial charge is 0.337 e. The highest BCUT2D eigenvalue weighted by molar-refractivity contribution is 5.92. The summed E-state index contributed by atoms with van der Waals surface area (Å²) >= 11 is 0. The zero-order valence-corrected chi connectivity index (χ0v) is 13.9. The van der Waals surface area contributed by atoms with Crippen molar-refractivity contribution in [3.63, 3.8) is 0 Å². The monoisotopic (exact) mass is 349 g/mol. The second-order valence-electron chi connectivity index (χ2n) is 5.68. The molecule has 3 aromatic heterocycles. The highest BCUT2D eigenvalue weighted by Gasteiger charge is 2.12. The van der Waals surface area contributed by atoms with Crippen molar-refractivity contribution in [2.75, 3.05) is 12.4 Å². The van der Waals surface area contributed by atoms with E-state index in [1.165, 1.54) is 6.20 Å². The number of ether oxygens (including phenoxy) is 1. The van der Waals surface area contributed by atoms with Gasteiger partial charge in [0.05, 0.1) is 30.7 Å². The molecular weight excluding hydrogens is 334 g/mol. The van der Waals surface area contributed by atoms with Crippen molar-refractivity contribution < 1.29 is 14.6 Å². The minimum atomic E-state index is -1.03. The van der Waals surface area contributed by atoms with Gasteiger partial charge in [0.15, 0.2) is 11.5 Å². The minimum absolute atomic E-state index is 0.105. The van der Waals surface area contributed by atoms with Crippen molar-refractivity contribution in [1.82, 2.24) is 19.4 Å². The van der Waals surface area contributed by atoms with E-state index in [-0.39, 0.29) is 5.56 Å². The summed E-state index contributed by atoms with van der Waals surface area (Å²) in [7, 11) is 1.63. The maximum atomic E-state index is 11.2. The van der Waals surface area contributed by atoms with Crippen molar-refractivity contribution in [3.05, 3.63) is 60.2 Å². The number of nitrogens with one attached hydrogen (secondary N) is 1. The van der Waals surface area contributed by atoms with E-state index in [0.29, 0.717) is 23.5 Å². The number of nitrogens with zero attached hydrogens (tertiary/aromatic N) is 4. The number of carboxylic acid groups (broad SMARTS) is 1. The second-order valence-corrected chi connectivity index (χ2v) is 5.68. The fourth-order valence-corrected chi connectivity index (χ4v) is 2.71. The molecule has 26 heavy (non-hydrogen) atoms. The average Bonchev–Trinajstić information content (AvgIpc) is 3.16. The van der Waals surface area contributed by atoms with E-state index in [9.17, 15) is 4.79 Å². The highest BCUT2D eigenvalue weighted by Crippen LogP contribution is 2.22. The molecule has 0 radical (unpaired) electrons. The van der Waals surface area contributed by atoms with E-state index in [2.05, 4.69) is 20.3 Å². The van der Waals surface area contributed by atoms with Crippen LogP contribution in [0.25, 0.3) is 16.7 Å². The Hall–Kier alpha value is -3.68. The molecule has 0 saturated heterocycles. The summed E-state index contributed by atoms with van der Waals surface area (Å²) in [5.74, 6) is 0.393. The van der Waals surface area contributed by atoms with Crippen LogP contribution in [-0.2, 0) is 6.54 Å². The van der Waals surface area contributed by atoms with Gasteiger partial charge < -0.3 is 15.2 Å². The molecule has 4 rings (SSSR count). The number of hydrogen-bond donors (Lipinski definition) is 2. The van der Waals surface area contributed by atoms with Gasteiger partial charge in [-0.1, -0.05) is 12.1 Å². The first-order valence-electron chi connectivity index (χ1n) is 7.87. The van der Waals surface area contributed by atoms with Crippen LogP contribution < -0.4 is 10.1 Å². The molecule has 0 aliphatic carbocycles. The number of methoxy groups -OCH3 is 1. The quantitative estimate of drug-likeness (QED) is 0.571. The topological polar surface area (TPSA) is 102 Å². The predicted molar refractivity (Wildman–Crippen MR) is 95.6 cm³/mol. The fraction of sp³-hybridized carbons (Fsp3) is 0.111. The average molecular weight is 349 g/mol. The third-order valence-electron chi connectivity index (χ3n) is 4.07. The van der Waals surface area contributed by atoms with E-state index < -0.39 is 5.97 Å². The Balaban J connectivity index is 1.71. The van der Waals surface area contributed by atoms with E-state index in [1.54, 1.807) is 30.1 Å². The van der Waals surface area contributed by atoms with Gasteiger partial charge in [-0.2, -0.15) is 0 Å². The molecule has 0 bridgehead atoms. The molecule has 4 aromatic rings. The van der Waals surface area contributed by atoms with Crippen molar-refractivity contribution in [1.29, 1.82) is 0 Å². The van der Waals surface area contributed by atoms with E-state index >= 15 is 0 Å². The molecule has 0 atom stereocenters. The third-order valence-corrected chi connectivity index (χ3v) is 4.07. The van der Waals surface area contributed by atoms with Crippen LogP contribution in [0.5, 0.6) is 5.75 Å². The number of fused-ring (bicyclic) bond motifs is 3. The Bertz CT molecular complexity index is 1110. The van der Waals surface area contributed by atoms with Crippen LogP contribution in [0.4, 0.5) is 5.82 Å².